The second-order valence-electron chi connectivity index (χ2n) is 2.64. The van der Waals surface area contributed by atoms with E-state index >= 15 is 0 Å². The van der Waals surface area contributed by atoms with E-state index in [-0.39, 0.29) is 5.82 Å². The average Bonchev–Trinajstić information content (AvgIpc) is 1.99. The molecule has 0 heterocycles. The van der Waals surface area contributed by atoms with Crippen LogP contribution in [-0.2, 0) is 6.42 Å². The first kappa shape index (κ1) is 8.25. The fourth-order valence-corrected chi connectivity index (χ4v) is 1.10. The highest BCUT2D eigenvalue weighted by molar-refractivity contribution is 5.27. The van der Waals surface area contributed by atoms with E-state index in [1.54, 1.807) is 6.07 Å². The van der Waals surface area contributed by atoms with Gasteiger partial charge >= 0.3 is 0 Å². The maximum absolute atomic E-state index is 13.1. The molecule has 1 radical (unpaired) electrons. The Bertz CT molecular complexity index is 241. The van der Waals surface area contributed by atoms with Gasteiger partial charge in [0.1, 0.15) is 5.82 Å². The van der Waals surface area contributed by atoms with E-state index in [0.717, 1.165) is 18.4 Å². The van der Waals surface area contributed by atoms with Crippen LogP contribution in [0.2, 0.25) is 0 Å². The van der Waals surface area contributed by atoms with E-state index in [9.17, 15) is 4.39 Å². The standard InChI is InChI=1S/C10H12F/c1-3-5-9-7-4-6-8(2)10(9)11/h4,6-7H,2-3,5H2,1H3. The van der Waals surface area contributed by atoms with E-state index < -0.39 is 0 Å². The maximum Gasteiger partial charge on any atom is 0.129 e. The van der Waals surface area contributed by atoms with Crippen molar-refractivity contribution in [3.05, 3.63) is 42.1 Å². The number of benzene rings is 1. The SMILES string of the molecule is [CH2]c1cccc(CCC)c1F. The highest BCUT2D eigenvalue weighted by Crippen LogP contribution is 2.12. The predicted octanol–water partition coefficient (Wildman–Crippen LogP) is 2.96. The highest BCUT2D eigenvalue weighted by Gasteiger charge is 2.01. The Labute approximate surface area is 67.1 Å². The molecule has 0 amide bonds. The second kappa shape index (κ2) is 3.51. The van der Waals surface area contributed by atoms with E-state index in [2.05, 4.69) is 6.92 Å². The number of rotatable bonds is 2. The molecule has 0 nitrogen and oxygen atoms in total. The van der Waals surface area contributed by atoms with E-state index in [4.69, 9.17) is 0 Å². The lowest BCUT2D eigenvalue weighted by atomic mass is 10.1. The Hall–Kier alpha value is -0.850. The third-order valence-corrected chi connectivity index (χ3v) is 1.68. The zero-order valence-electron chi connectivity index (χ0n) is 6.73. The zero-order valence-corrected chi connectivity index (χ0v) is 6.73. The third-order valence-electron chi connectivity index (χ3n) is 1.68. The van der Waals surface area contributed by atoms with Crippen LogP contribution in [0.3, 0.4) is 0 Å². The van der Waals surface area contributed by atoms with Crippen molar-refractivity contribution in [3.8, 4) is 0 Å². The maximum atomic E-state index is 13.1. The minimum absolute atomic E-state index is 0.144. The highest BCUT2D eigenvalue weighted by atomic mass is 19.1. The summed E-state index contributed by atoms with van der Waals surface area (Å²) >= 11 is 0. The second-order valence-corrected chi connectivity index (χ2v) is 2.64. The first-order valence-electron chi connectivity index (χ1n) is 3.85. The summed E-state index contributed by atoms with van der Waals surface area (Å²) in [6.07, 6.45) is 1.77. The van der Waals surface area contributed by atoms with Crippen LogP contribution in [0.4, 0.5) is 4.39 Å². The van der Waals surface area contributed by atoms with E-state index in [0.29, 0.717) is 5.56 Å². The molecule has 0 saturated heterocycles. The summed E-state index contributed by atoms with van der Waals surface area (Å²) in [7, 11) is 0. The van der Waals surface area contributed by atoms with Crippen molar-refractivity contribution < 1.29 is 4.39 Å². The van der Waals surface area contributed by atoms with Gasteiger partial charge in [-0.15, -0.1) is 0 Å². The minimum atomic E-state index is -0.144. The number of aryl methyl sites for hydroxylation is 1. The largest absolute Gasteiger partial charge is 0.206 e. The van der Waals surface area contributed by atoms with Gasteiger partial charge in [-0.25, -0.2) is 4.39 Å². The lowest BCUT2D eigenvalue weighted by Crippen LogP contribution is -1.91. The molecular weight excluding hydrogens is 139 g/mol. The molecule has 0 unspecified atom stereocenters. The Balaban J connectivity index is 2.96. The van der Waals surface area contributed by atoms with Gasteiger partial charge in [0.2, 0.25) is 0 Å². The number of hydrogen-bond acceptors (Lipinski definition) is 0. The van der Waals surface area contributed by atoms with Crippen molar-refractivity contribution in [2.24, 2.45) is 0 Å². The minimum Gasteiger partial charge on any atom is -0.206 e. The predicted molar refractivity (Wildman–Crippen MR) is 44.9 cm³/mol. The van der Waals surface area contributed by atoms with Crippen LogP contribution >= 0.6 is 0 Å². The summed E-state index contributed by atoms with van der Waals surface area (Å²) in [6.45, 7) is 5.62. The molecule has 0 aliphatic rings. The van der Waals surface area contributed by atoms with Crippen LogP contribution in [0, 0.1) is 12.7 Å². The molecule has 0 aliphatic heterocycles. The normalized spacial score (nSPS) is 10.1. The van der Waals surface area contributed by atoms with Gasteiger partial charge in [-0.1, -0.05) is 31.5 Å². The number of halogens is 1. The molecule has 11 heavy (non-hydrogen) atoms. The van der Waals surface area contributed by atoms with Gasteiger partial charge in [-0.2, -0.15) is 0 Å². The van der Waals surface area contributed by atoms with Crippen LogP contribution in [0.1, 0.15) is 24.5 Å². The molecule has 1 rings (SSSR count). The molecule has 0 aromatic heterocycles. The van der Waals surface area contributed by atoms with Gasteiger partial charge in [0.05, 0.1) is 0 Å². The number of hydrogen-bond donors (Lipinski definition) is 0. The van der Waals surface area contributed by atoms with Crippen LogP contribution in [0.25, 0.3) is 0 Å². The lowest BCUT2D eigenvalue weighted by Gasteiger charge is -2.02. The van der Waals surface area contributed by atoms with Crippen molar-refractivity contribution >= 4 is 0 Å². The molecular formula is C10H12F. The summed E-state index contributed by atoms with van der Waals surface area (Å²) in [5.41, 5.74) is 1.27. The lowest BCUT2D eigenvalue weighted by molar-refractivity contribution is 0.602. The summed E-state index contributed by atoms with van der Waals surface area (Å²) in [5, 5.41) is 0. The van der Waals surface area contributed by atoms with Crippen molar-refractivity contribution in [1.82, 2.24) is 0 Å². The molecule has 0 fully saturated rings. The van der Waals surface area contributed by atoms with Gasteiger partial charge in [0.15, 0.2) is 0 Å². The van der Waals surface area contributed by atoms with Crippen molar-refractivity contribution in [3.63, 3.8) is 0 Å². The Morgan fingerprint density at radius 3 is 2.82 bits per heavy atom. The molecule has 0 spiro atoms. The van der Waals surface area contributed by atoms with Gasteiger partial charge in [0, 0.05) is 0 Å². The zero-order chi connectivity index (χ0) is 8.27. The fourth-order valence-electron chi connectivity index (χ4n) is 1.10. The van der Waals surface area contributed by atoms with Crippen molar-refractivity contribution in [2.75, 3.05) is 0 Å². The molecule has 0 bridgehead atoms. The molecule has 0 N–H and O–H groups in total. The molecule has 1 aromatic carbocycles. The van der Waals surface area contributed by atoms with Crippen LogP contribution in [0.15, 0.2) is 18.2 Å². The third kappa shape index (κ3) is 1.79. The fraction of sp³-hybridized carbons (Fsp3) is 0.300. The molecule has 1 heteroatoms. The summed E-state index contributed by atoms with van der Waals surface area (Å²) < 4.78 is 13.1. The summed E-state index contributed by atoms with van der Waals surface area (Å²) in [6, 6.07) is 5.35. The van der Waals surface area contributed by atoms with Crippen LogP contribution in [0.5, 0.6) is 0 Å². The first-order valence-corrected chi connectivity index (χ1v) is 3.85. The van der Waals surface area contributed by atoms with Gasteiger partial charge in [-0.3, -0.25) is 0 Å². The van der Waals surface area contributed by atoms with Crippen molar-refractivity contribution in [1.29, 1.82) is 0 Å². The summed E-state index contributed by atoms with van der Waals surface area (Å²) in [4.78, 5) is 0. The van der Waals surface area contributed by atoms with Crippen LogP contribution < -0.4 is 0 Å². The molecule has 1 aromatic rings. The van der Waals surface area contributed by atoms with E-state index in [1.165, 1.54) is 0 Å². The van der Waals surface area contributed by atoms with Crippen molar-refractivity contribution in [2.45, 2.75) is 19.8 Å². The average molecular weight is 151 g/mol. The van der Waals surface area contributed by atoms with Gasteiger partial charge < -0.3 is 0 Å². The quantitative estimate of drug-likeness (QED) is 0.609. The molecule has 0 saturated carbocycles. The van der Waals surface area contributed by atoms with Gasteiger partial charge in [0.25, 0.3) is 0 Å². The Kier molecular flexibility index (Phi) is 2.64. The summed E-state index contributed by atoms with van der Waals surface area (Å²) in [5.74, 6) is -0.144. The van der Waals surface area contributed by atoms with Crippen LogP contribution in [-0.4, -0.2) is 0 Å². The molecule has 0 atom stereocenters. The van der Waals surface area contributed by atoms with Gasteiger partial charge in [-0.05, 0) is 24.5 Å². The Morgan fingerprint density at radius 1 is 1.45 bits per heavy atom. The topological polar surface area (TPSA) is 0 Å². The Morgan fingerprint density at radius 2 is 2.18 bits per heavy atom. The molecule has 0 aliphatic carbocycles. The first-order chi connectivity index (χ1) is 5.25. The molecule has 59 valence electrons. The monoisotopic (exact) mass is 151 g/mol. The van der Waals surface area contributed by atoms with E-state index in [1.807, 2.05) is 19.1 Å². The smallest absolute Gasteiger partial charge is 0.129 e.